The zero-order chi connectivity index (χ0) is 24.8. The SMILES string of the molecule is OC(CNCCCOCCCCCCc1ccccc1)c1ccc2c(n1)COC(c1ccccc1)O2. The molecule has 1 aromatic heterocycles. The molecule has 3 aromatic rings. The summed E-state index contributed by atoms with van der Waals surface area (Å²) in [6.45, 7) is 3.16. The Morgan fingerprint density at radius 1 is 0.889 bits per heavy atom. The van der Waals surface area contributed by atoms with Crippen molar-refractivity contribution in [3.63, 3.8) is 0 Å². The van der Waals surface area contributed by atoms with Gasteiger partial charge in [0.2, 0.25) is 6.29 Å². The van der Waals surface area contributed by atoms with Crippen LogP contribution < -0.4 is 10.1 Å². The summed E-state index contributed by atoms with van der Waals surface area (Å²) in [6, 6.07) is 24.2. The molecule has 2 unspecified atom stereocenters. The molecule has 0 saturated carbocycles. The van der Waals surface area contributed by atoms with Crippen LogP contribution in [0.2, 0.25) is 0 Å². The molecule has 0 amide bonds. The van der Waals surface area contributed by atoms with Crippen molar-refractivity contribution in [1.29, 1.82) is 0 Å². The van der Waals surface area contributed by atoms with Gasteiger partial charge in [-0.15, -0.1) is 0 Å². The number of unbranched alkanes of at least 4 members (excludes halogenated alkanes) is 3. The number of nitrogens with zero attached hydrogens (tertiary/aromatic N) is 1. The van der Waals surface area contributed by atoms with E-state index < -0.39 is 12.4 Å². The summed E-state index contributed by atoms with van der Waals surface area (Å²) in [5, 5.41) is 13.8. The van der Waals surface area contributed by atoms with Crippen LogP contribution in [0.5, 0.6) is 5.75 Å². The van der Waals surface area contributed by atoms with E-state index in [1.54, 1.807) is 0 Å². The molecule has 1 aliphatic heterocycles. The fourth-order valence-electron chi connectivity index (χ4n) is 4.26. The van der Waals surface area contributed by atoms with Crippen LogP contribution in [-0.2, 0) is 22.5 Å². The maximum atomic E-state index is 10.5. The number of aliphatic hydroxyl groups is 1. The van der Waals surface area contributed by atoms with Crippen LogP contribution in [0.15, 0.2) is 72.8 Å². The topological polar surface area (TPSA) is 72.8 Å². The van der Waals surface area contributed by atoms with Crippen molar-refractivity contribution in [2.75, 3.05) is 26.3 Å². The van der Waals surface area contributed by atoms with Gasteiger partial charge in [0, 0.05) is 25.3 Å². The Morgan fingerprint density at radius 2 is 1.64 bits per heavy atom. The molecule has 0 fully saturated rings. The highest BCUT2D eigenvalue weighted by atomic mass is 16.7. The lowest BCUT2D eigenvalue weighted by molar-refractivity contribution is -0.113. The predicted octanol–water partition coefficient (Wildman–Crippen LogP) is 5.52. The summed E-state index contributed by atoms with van der Waals surface area (Å²) in [5.41, 5.74) is 3.73. The Hall–Kier alpha value is -2.77. The van der Waals surface area contributed by atoms with Crippen LogP contribution in [0.1, 0.15) is 67.0 Å². The van der Waals surface area contributed by atoms with Gasteiger partial charge in [0.05, 0.1) is 12.3 Å². The molecule has 0 radical (unpaired) electrons. The number of aryl methyl sites for hydroxylation is 1. The van der Waals surface area contributed by atoms with Crippen molar-refractivity contribution in [2.24, 2.45) is 0 Å². The van der Waals surface area contributed by atoms with E-state index in [1.807, 2.05) is 42.5 Å². The second-order valence-electron chi connectivity index (χ2n) is 9.19. The normalized spacial score (nSPS) is 15.8. The Kier molecular flexibility index (Phi) is 10.7. The number of nitrogens with one attached hydrogen (secondary N) is 1. The number of fused-ring (bicyclic) bond motifs is 1. The lowest BCUT2D eigenvalue weighted by Gasteiger charge is -2.26. The largest absolute Gasteiger partial charge is 0.459 e. The molecule has 2 N–H and O–H groups in total. The quantitative estimate of drug-likeness (QED) is 0.273. The maximum absolute atomic E-state index is 10.5. The molecule has 0 spiro atoms. The Bertz CT molecular complexity index is 1020. The van der Waals surface area contributed by atoms with Crippen molar-refractivity contribution >= 4 is 0 Å². The summed E-state index contributed by atoms with van der Waals surface area (Å²) in [6.07, 6.45) is 5.79. The van der Waals surface area contributed by atoms with Gasteiger partial charge in [0.1, 0.15) is 17.5 Å². The highest BCUT2D eigenvalue weighted by Gasteiger charge is 2.24. The van der Waals surface area contributed by atoms with E-state index in [-0.39, 0.29) is 0 Å². The van der Waals surface area contributed by atoms with Gasteiger partial charge in [-0.05, 0) is 49.9 Å². The second-order valence-corrected chi connectivity index (χ2v) is 9.19. The Balaban J connectivity index is 1.03. The number of aliphatic hydroxyl groups excluding tert-OH is 1. The molecule has 0 bridgehead atoms. The number of rotatable bonds is 15. The fourth-order valence-corrected chi connectivity index (χ4v) is 4.26. The van der Waals surface area contributed by atoms with E-state index in [2.05, 4.69) is 40.6 Å². The molecule has 6 nitrogen and oxygen atoms in total. The summed E-state index contributed by atoms with van der Waals surface area (Å²) in [7, 11) is 0. The molecule has 1 aliphatic rings. The van der Waals surface area contributed by atoms with Crippen molar-refractivity contribution < 1.29 is 19.3 Å². The minimum Gasteiger partial charge on any atom is -0.459 e. The third kappa shape index (κ3) is 8.42. The van der Waals surface area contributed by atoms with Gasteiger partial charge in [0.15, 0.2) is 0 Å². The lowest BCUT2D eigenvalue weighted by Crippen LogP contribution is -2.25. The van der Waals surface area contributed by atoms with E-state index >= 15 is 0 Å². The molecule has 4 rings (SSSR count). The van der Waals surface area contributed by atoms with E-state index in [9.17, 15) is 5.11 Å². The predicted molar refractivity (Wildman–Crippen MR) is 141 cm³/mol. The van der Waals surface area contributed by atoms with E-state index in [4.69, 9.17) is 14.2 Å². The molecule has 36 heavy (non-hydrogen) atoms. The minimum absolute atomic E-state index is 0.354. The average Bonchev–Trinajstić information content (AvgIpc) is 2.94. The second kappa shape index (κ2) is 14.7. The molecule has 0 aliphatic carbocycles. The molecular weight excluding hydrogens is 452 g/mol. The summed E-state index contributed by atoms with van der Waals surface area (Å²) in [4.78, 5) is 4.56. The maximum Gasteiger partial charge on any atom is 0.227 e. The summed E-state index contributed by atoms with van der Waals surface area (Å²) >= 11 is 0. The first-order valence-corrected chi connectivity index (χ1v) is 13.1. The van der Waals surface area contributed by atoms with E-state index in [0.717, 1.165) is 44.6 Å². The van der Waals surface area contributed by atoms with Gasteiger partial charge in [0.25, 0.3) is 0 Å². The first-order chi connectivity index (χ1) is 17.8. The number of aromatic nitrogens is 1. The van der Waals surface area contributed by atoms with Gasteiger partial charge in [-0.1, -0.05) is 73.5 Å². The molecule has 192 valence electrons. The van der Waals surface area contributed by atoms with Gasteiger partial charge in [-0.25, -0.2) is 4.98 Å². The molecule has 2 atom stereocenters. The van der Waals surface area contributed by atoms with Gasteiger partial charge >= 0.3 is 0 Å². The molecular formula is C30H38N2O4. The van der Waals surface area contributed by atoms with Gasteiger partial charge < -0.3 is 24.6 Å². The third-order valence-corrected chi connectivity index (χ3v) is 6.30. The summed E-state index contributed by atoms with van der Waals surface area (Å²) < 4.78 is 17.5. The lowest BCUT2D eigenvalue weighted by atomic mass is 10.1. The smallest absolute Gasteiger partial charge is 0.227 e. The molecule has 2 heterocycles. The highest BCUT2D eigenvalue weighted by Crippen LogP contribution is 2.32. The number of ether oxygens (including phenoxy) is 3. The van der Waals surface area contributed by atoms with Crippen LogP contribution in [0.4, 0.5) is 0 Å². The van der Waals surface area contributed by atoms with E-state index in [0.29, 0.717) is 30.3 Å². The first-order valence-electron chi connectivity index (χ1n) is 13.1. The molecule has 0 saturated heterocycles. The zero-order valence-corrected chi connectivity index (χ0v) is 21.0. The van der Waals surface area contributed by atoms with Crippen molar-refractivity contribution in [3.8, 4) is 5.75 Å². The van der Waals surface area contributed by atoms with Gasteiger partial charge in [-0.2, -0.15) is 0 Å². The van der Waals surface area contributed by atoms with Crippen LogP contribution in [0, 0.1) is 0 Å². The van der Waals surface area contributed by atoms with Gasteiger partial charge in [-0.3, -0.25) is 0 Å². The highest BCUT2D eigenvalue weighted by molar-refractivity contribution is 5.32. The summed E-state index contributed by atoms with van der Waals surface area (Å²) in [5.74, 6) is 0.701. The number of hydrogen-bond acceptors (Lipinski definition) is 6. The Morgan fingerprint density at radius 3 is 2.47 bits per heavy atom. The van der Waals surface area contributed by atoms with E-state index in [1.165, 1.54) is 24.8 Å². The number of hydrogen-bond donors (Lipinski definition) is 2. The minimum atomic E-state index is -0.682. The standard InChI is InChI=1S/C30H38N2O4/c33-28(22-31-19-11-21-34-20-10-2-1-5-12-24-13-6-3-7-14-24)26-17-18-29-27(32-26)23-35-30(36-29)25-15-8-4-9-16-25/h3-4,6-9,13-18,28,30-31,33H,1-2,5,10-12,19-23H2. The van der Waals surface area contributed by atoms with Crippen LogP contribution >= 0.6 is 0 Å². The van der Waals surface area contributed by atoms with Crippen molar-refractivity contribution in [1.82, 2.24) is 10.3 Å². The molecule has 6 heteroatoms. The number of pyridine rings is 1. The number of benzene rings is 2. The third-order valence-electron chi connectivity index (χ3n) is 6.30. The van der Waals surface area contributed by atoms with Crippen LogP contribution in [0.3, 0.4) is 0 Å². The Labute approximate surface area is 214 Å². The van der Waals surface area contributed by atoms with Crippen LogP contribution in [-0.4, -0.2) is 36.4 Å². The zero-order valence-electron chi connectivity index (χ0n) is 21.0. The monoisotopic (exact) mass is 490 g/mol. The first kappa shape index (κ1) is 26.3. The van der Waals surface area contributed by atoms with Crippen LogP contribution in [0.25, 0.3) is 0 Å². The fraction of sp³-hybridized carbons (Fsp3) is 0.433. The van der Waals surface area contributed by atoms with Crippen molar-refractivity contribution in [3.05, 3.63) is 95.3 Å². The van der Waals surface area contributed by atoms with Crippen molar-refractivity contribution in [2.45, 2.75) is 57.5 Å². The average molecular weight is 491 g/mol. The molecule has 2 aromatic carbocycles.